The van der Waals surface area contributed by atoms with Gasteiger partial charge < -0.3 is 55.4 Å². The van der Waals surface area contributed by atoms with Crippen LogP contribution in [0, 0.1) is 0 Å². The number of benzene rings is 3. The molecule has 3 aromatic carbocycles. The first-order valence-electron chi connectivity index (χ1n) is 10.7. The minimum Gasteiger partial charge on any atom is -0.508 e. The molecule has 0 aliphatic carbocycles. The summed E-state index contributed by atoms with van der Waals surface area (Å²) >= 11 is 1.06. The second-order valence-corrected chi connectivity index (χ2v) is 9.32. The van der Waals surface area contributed by atoms with Crippen molar-refractivity contribution in [3.05, 3.63) is 53.1 Å². The molecule has 0 fully saturated rings. The summed E-state index contributed by atoms with van der Waals surface area (Å²) in [7, 11) is 0. The van der Waals surface area contributed by atoms with Crippen molar-refractivity contribution in [1.29, 1.82) is 0 Å². The summed E-state index contributed by atoms with van der Waals surface area (Å²) in [5, 5.41) is 88.2. The van der Waals surface area contributed by atoms with Crippen LogP contribution in [0.1, 0.15) is 32.8 Å². The molecule has 3 atom stereocenters. The van der Waals surface area contributed by atoms with Crippen LogP contribution in [0.3, 0.4) is 0 Å². The van der Waals surface area contributed by atoms with Crippen molar-refractivity contribution in [2.45, 2.75) is 17.5 Å². The van der Waals surface area contributed by atoms with Crippen LogP contribution in [0.2, 0.25) is 0 Å². The van der Waals surface area contributed by atoms with Crippen molar-refractivity contribution in [1.82, 2.24) is 0 Å². The van der Waals surface area contributed by atoms with Gasteiger partial charge in [-0.1, -0.05) is 0 Å². The minimum atomic E-state index is -1.34. The molecule has 0 bridgehead atoms. The van der Waals surface area contributed by atoms with Crippen LogP contribution in [0.4, 0.5) is 0 Å². The summed E-state index contributed by atoms with van der Waals surface area (Å²) in [5.41, 5.74) is -0.200. The molecule has 1 heterocycles. The lowest BCUT2D eigenvalue weighted by Gasteiger charge is -2.39. The van der Waals surface area contributed by atoms with Gasteiger partial charge in [0.25, 0.3) is 0 Å². The number of ether oxygens (including phenoxy) is 2. The van der Waals surface area contributed by atoms with Crippen molar-refractivity contribution in [2.24, 2.45) is 0 Å². The normalized spacial score (nSPS) is 18.6. The first kappa shape index (κ1) is 25.7. The highest BCUT2D eigenvalue weighted by atomic mass is 32.2. The standard InChI is InChI=1S/C24H22O12S/c25-1-2-37-23-18-12(27)7-11(26)8-17(18)35-21(9-3-13(28)19(32)14(29)4-9)22(23)36-24(34)10-5-15(30)20(33)16(31)6-10/h3-8,21-23,25-33H,1-2H2. The van der Waals surface area contributed by atoms with Gasteiger partial charge in [-0.05, 0) is 24.3 Å². The Bertz CT molecular complexity index is 1310. The number of phenolic OH excluding ortho intramolecular Hbond substituents is 8. The van der Waals surface area contributed by atoms with Crippen LogP contribution in [0.25, 0.3) is 0 Å². The van der Waals surface area contributed by atoms with E-state index in [-0.39, 0.29) is 40.5 Å². The maximum absolute atomic E-state index is 13.1. The maximum Gasteiger partial charge on any atom is 0.338 e. The molecule has 0 amide bonds. The second kappa shape index (κ2) is 9.95. The molecule has 9 N–H and O–H groups in total. The van der Waals surface area contributed by atoms with Gasteiger partial charge in [0.15, 0.2) is 46.7 Å². The first-order valence-corrected chi connectivity index (χ1v) is 11.7. The number of phenols is 8. The molecular formula is C24H22O12S. The van der Waals surface area contributed by atoms with Gasteiger partial charge >= 0.3 is 5.97 Å². The zero-order valence-electron chi connectivity index (χ0n) is 18.8. The van der Waals surface area contributed by atoms with E-state index in [4.69, 9.17) is 9.47 Å². The molecular weight excluding hydrogens is 512 g/mol. The number of fused-ring (bicyclic) bond motifs is 1. The fourth-order valence-corrected chi connectivity index (χ4v) is 5.10. The third kappa shape index (κ3) is 4.86. The van der Waals surface area contributed by atoms with Gasteiger partial charge in [-0.15, -0.1) is 11.8 Å². The molecule has 196 valence electrons. The van der Waals surface area contributed by atoms with E-state index in [0.717, 1.165) is 42.1 Å². The topological polar surface area (TPSA) is 218 Å². The smallest absolute Gasteiger partial charge is 0.338 e. The molecule has 12 nitrogen and oxygen atoms in total. The van der Waals surface area contributed by atoms with Gasteiger partial charge in [0, 0.05) is 23.4 Å². The highest BCUT2D eigenvalue weighted by Crippen LogP contribution is 2.54. The van der Waals surface area contributed by atoms with E-state index in [0.29, 0.717) is 0 Å². The third-order valence-electron chi connectivity index (χ3n) is 5.60. The highest BCUT2D eigenvalue weighted by molar-refractivity contribution is 7.99. The number of hydrogen-bond donors (Lipinski definition) is 9. The summed E-state index contributed by atoms with van der Waals surface area (Å²) < 4.78 is 11.6. The number of aliphatic hydroxyl groups is 1. The lowest BCUT2D eigenvalue weighted by molar-refractivity contribution is -0.0203. The zero-order chi connectivity index (χ0) is 27.0. The maximum atomic E-state index is 13.1. The summed E-state index contributed by atoms with van der Waals surface area (Å²) in [6.45, 7) is -0.290. The number of thioether (sulfide) groups is 1. The van der Waals surface area contributed by atoms with Gasteiger partial charge in [-0.2, -0.15) is 0 Å². The molecule has 0 saturated heterocycles. The van der Waals surface area contributed by atoms with Crippen LogP contribution in [-0.2, 0) is 4.74 Å². The molecule has 0 radical (unpaired) electrons. The van der Waals surface area contributed by atoms with Gasteiger partial charge in [0.05, 0.1) is 23.0 Å². The Morgan fingerprint density at radius 2 is 1.38 bits per heavy atom. The SMILES string of the molecule is O=C(OC1C(c2cc(O)c(O)c(O)c2)Oc2cc(O)cc(O)c2C1SCCO)c1cc(O)c(O)c(O)c1. The first-order chi connectivity index (χ1) is 17.5. The number of aliphatic hydroxyl groups excluding tert-OH is 1. The number of esters is 1. The Morgan fingerprint density at radius 1 is 0.811 bits per heavy atom. The van der Waals surface area contributed by atoms with Crippen LogP contribution in [0.15, 0.2) is 36.4 Å². The Balaban J connectivity index is 1.85. The Kier molecular flexibility index (Phi) is 6.92. The van der Waals surface area contributed by atoms with Crippen LogP contribution >= 0.6 is 11.8 Å². The van der Waals surface area contributed by atoms with Crippen LogP contribution < -0.4 is 4.74 Å². The molecule has 0 spiro atoms. The summed E-state index contributed by atoms with van der Waals surface area (Å²) in [6, 6.07) is 6.06. The molecule has 0 saturated carbocycles. The highest BCUT2D eigenvalue weighted by Gasteiger charge is 2.45. The molecule has 4 rings (SSSR count). The lowest BCUT2D eigenvalue weighted by atomic mass is 9.92. The van der Waals surface area contributed by atoms with E-state index in [2.05, 4.69) is 0 Å². The summed E-state index contributed by atoms with van der Waals surface area (Å²) in [4.78, 5) is 13.1. The number of hydrogen-bond acceptors (Lipinski definition) is 13. The van der Waals surface area contributed by atoms with Gasteiger partial charge in [-0.25, -0.2) is 4.79 Å². The minimum absolute atomic E-state index is 0.0165. The van der Waals surface area contributed by atoms with Crippen molar-refractivity contribution >= 4 is 17.7 Å². The fourth-order valence-electron chi connectivity index (χ4n) is 3.95. The van der Waals surface area contributed by atoms with Crippen LogP contribution in [0.5, 0.6) is 51.7 Å². The molecule has 3 aromatic rings. The lowest BCUT2D eigenvalue weighted by Crippen LogP contribution is -2.37. The Hall–Kier alpha value is -4.36. The van der Waals surface area contributed by atoms with Crippen molar-refractivity contribution < 1.29 is 60.2 Å². The molecule has 13 heteroatoms. The largest absolute Gasteiger partial charge is 0.508 e. The molecule has 37 heavy (non-hydrogen) atoms. The second-order valence-electron chi connectivity index (χ2n) is 8.07. The van der Waals surface area contributed by atoms with Gasteiger partial charge in [0.2, 0.25) is 0 Å². The fraction of sp³-hybridized carbons (Fsp3) is 0.208. The predicted molar refractivity (Wildman–Crippen MR) is 128 cm³/mol. The molecule has 1 aliphatic rings. The van der Waals surface area contributed by atoms with Crippen LogP contribution in [-0.4, -0.2) is 70.4 Å². The molecule has 3 unspecified atom stereocenters. The summed E-state index contributed by atoms with van der Waals surface area (Å²) in [6.07, 6.45) is -2.64. The van der Waals surface area contributed by atoms with E-state index in [9.17, 15) is 50.8 Å². The van der Waals surface area contributed by atoms with Crippen molar-refractivity contribution in [2.75, 3.05) is 12.4 Å². The zero-order valence-corrected chi connectivity index (χ0v) is 19.6. The van der Waals surface area contributed by atoms with E-state index < -0.39 is 63.7 Å². The average molecular weight is 534 g/mol. The molecule has 0 aromatic heterocycles. The third-order valence-corrected chi connectivity index (χ3v) is 6.88. The van der Waals surface area contributed by atoms with E-state index in [1.165, 1.54) is 6.07 Å². The number of rotatable bonds is 6. The predicted octanol–water partition coefficient (Wildman–Crippen LogP) is 2.46. The number of aromatic hydroxyl groups is 8. The van der Waals surface area contributed by atoms with Gasteiger partial charge in [-0.3, -0.25) is 0 Å². The quantitative estimate of drug-likeness (QED) is 0.164. The number of carbonyl (C=O) groups excluding carboxylic acids is 1. The number of carbonyl (C=O) groups is 1. The Labute approximate surface area is 212 Å². The van der Waals surface area contributed by atoms with Crippen molar-refractivity contribution in [3.63, 3.8) is 0 Å². The van der Waals surface area contributed by atoms with E-state index in [1.54, 1.807) is 0 Å². The Morgan fingerprint density at radius 3 is 1.95 bits per heavy atom. The summed E-state index contributed by atoms with van der Waals surface area (Å²) in [5.74, 6) is -6.39. The monoisotopic (exact) mass is 534 g/mol. The average Bonchev–Trinajstić information content (AvgIpc) is 2.83. The van der Waals surface area contributed by atoms with Gasteiger partial charge in [0.1, 0.15) is 17.2 Å². The van der Waals surface area contributed by atoms with E-state index in [1.807, 2.05) is 0 Å². The molecule has 1 aliphatic heterocycles. The van der Waals surface area contributed by atoms with Crippen molar-refractivity contribution in [3.8, 4) is 51.7 Å². The van der Waals surface area contributed by atoms with E-state index >= 15 is 0 Å².